The number of carbonyl (C=O) groups excluding carboxylic acids is 1. The summed E-state index contributed by atoms with van der Waals surface area (Å²) >= 11 is 0. The number of benzene rings is 1. The van der Waals surface area contributed by atoms with Crippen LogP contribution in [0, 0.1) is 0 Å². The molecule has 3 N–H and O–H groups in total. The van der Waals surface area contributed by atoms with E-state index in [-0.39, 0.29) is 11.7 Å². The van der Waals surface area contributed by atoms with Crippen molar-refractivity contribution in [2.75, 3.05) is 13.1 Å². The van der Waals surface area contributed by atoms with Crippen LogP contribution in [0.4, 0.5) is 0 Å². The molecule has 1 fully saturated rings. The van der Waals surface area contributed by atoms with Gasteiger partial charge in [-0.2, -0.15) is 0 Å². The Balaban J connectivity index is 2.14. The van der Waals surface area contributed by atoms with Gasteiger partial charge in [-0.25, -0.2) is 0 Å². The Hall–Kier alpha value is -1.55. The molecule has 4 heteroatoms. The van der Waals surface area contributed by atoms with E-state index >= 15 is 0 Å². The van der Waals surface area contributed by atoms with Crippen molar-refractivity contribution >= 4 is 5.91 Å². The molecule has 18 heavy (non-hydrogen) atoms. The third-order valence-electron chi connectivity index (χ3n) is 3.51. The highest BCUT2D eigenvalue weighted by atomic mass is 16.3. The van der Waals surface area contributed by atoms with E-state index in [1.54, 1.807) is 24.3 Å². The standard InChI is InChI=1S/C14H20N2O2/c15-9-10-16(12-3-1-2-4-12)14(18)11-5-7-13(17)8-6-11/h5-8,12,17H,1-4,9-10,15H2. The summed E-state index contributed by atoms with van der Waals surface area (Å²) in [5, 5.41) is 9.25. The van der Waals surface area contributed by atoms with Crippen LogP contribution in [0.5, 0.6) is 5.75 Å². The Kier molecular flexibility index (Phi) is 4.20. The number of hydrogen-bond donors (Lipinski definition) is 2. The summed E-state index contributed by atoms with van der Waals surface area (Å²) in [5.41, 5.74) is 6.22. The van der Waals surface area contributed by atoms with Gasteiger partial charge in [0.15, 0.2) is 0 Å². The number of amides is 1. The van der Waals surface area contributed by atoms with Gasteiger partial charge in [0.25, 0.3) is 5.91 Å². The summed E-state index contributed by atoms with van der Waals surface area (Å²) in [4.78, 5) is 14.3. The lowest BCUT2D eigenvalue weighted by molar-refractivity contribution is 0.0688. The molecule has 2 rings (SSSR count). The Labute approximate surface area is 107 Å². The van der Waals surface area contributed by atoms with Crippen molar-refractivity contribution in [2.45, 2.75) is 31.7 Å². The first-order chi connectivity index (χ1) is 8.72. The zero-order valence-corrected chi connectivity index (χ0v) is 10.5. The first-order valence-corrected chi connectivity index (χ1v) is 6.52. The van der Waals surface area contributed by atoms with Crippen LogP contribution >= 0.6 is 0 Å². The molecule has 0 heterocycles. The summed E-state index contributed by atoms with van der Waals surface area (Å²) in [6, 6.07) is 6.74. The minimum Gasteiger partial charge on any atom is -0.508 e. The predicted octanol–water partition coefficient (Wildman–Crippen LogP) is 1.74. The van der Waals surface area contributed by atoms with Gasteiger partial charge in [0.1, 0.15) is 5.75 Å². The van der Waals surface area contributed by atoms with Crippen molar-refractivity contribution in [3.05, 3.63) is 29.8 Å². The molecule has 0 atom stereocenters. The molecule has 0 aromatic heterocycles. The monoisotopic (exact) mass is 248 g/mol. The number of phenolic OH excluding ortho intramolecular Hbond substituents is 1. The van der Waals surface area contributed by atoms with Crippen LogP contribution in [0.15, 0.2) is 24.3 Å². The molecule has 0 bridgehead atoms. The summed E-state index contributed by atoms with van der Waals surface area (Å²) in [5.74, 6) is 0.199. The van der Waals surface area contributed by atoms with Crippen molar-refractivity contribution in [1.82, 2.24) is 4.90 Å². The van der Waals surface area contributed by atoms with Crippen LogP contribution in [0.3, 0.4) is 0 Å². The van der Waals surface area contributed by atoms with Gasteiger partial charge in [-0.05, 0) is 37.1 Å². The van der Waals surface area contributed by atoms with Crippen LogP contribution in [0.25, 0.3) is 0 Å². The zero-order chi connectivity index (χ0) is 13.0. The largest absolute Gasteiger partial charge is 0.508 e. The predicted molar refractivity (Wildman–Crippen MR) is 70.5 cm³/mol. The summed E-state index contributed by atoms with van der Waals surface area (Å²) in [6.07, 6.45) is 4.52. The molecule has 0 radical (unpaired) electrons. The third kappa shape index (κ3) is 2.82. The molecule has 98 valence electrons. The van der Waals surface area contributed by atoms with E-state index < -0.39 is 0 Å². The van der Waals surface area contributed by atoms with E-state index in [2.05, 4.69) is 0 Å². The lowest BCUT2D eigenvalue weighted by atomic mass is 10.1. The van der Waals surface area contributed by atoms with Gasteiger partial charge in [-0.1, -0.05) is 12.8 Å². The fraction of sp³-hybridized carbons (Fsp3) is 0.500. The quantitative estimate of drug-likeness (QED) is 0.853. The maximum absolute atomic E-state index is 12.4. The van der Waals surface area contributed by atoms with Gasteiger partial charge in [0.05, 0.1) is 0 Å². The van der Waals surface area contributed by atoms with E-state index in [1.807, 2.05) is 4.90 Å². The first kappa shape index (κ1) is 12.9. The number of nitrogens with zero attached hydrogens (tertiary/aromatic N) is 1. The van der Waals surface area contributed by atoms with E-state index in [9.17, 15) is 9.90 Å². The van der Waals surface area contributed by atoms with Crippen molar-refractivity contribution in [1.29, 1.82) is 0 Å². The number of hydrogen-bond acceptors (Lipinski definition) is 3. The van der Waals surface area contributed by atoms with E-state index in [1.165, 1.54) is 12.8 Å². The average Bonchev–Trinajstić information content (AvgIpc) is 2.90. The van der Waals surface area contributed by atoms with Crippen LogP contribution in [-0.4, -0.2) is 35.0 Å². The highest BCUT2D eigenvalue weighted by Crippen LogP contribution is 2.25. The normalized spacial score (nSPS) is 15.8. The summed E-state index contributed by atoms with van der Waals surface area (Å²) < 4.78 is 0. The van der Waals surface area contributed by atoms with Gasteiger partial charge in [-0.3, -0.25) is 4.79 Å². The van der Waals surface area contributed by atoms with Crippen molar-refractivity contribution in [2.24, 2.45) is 5.73 Å². The number of phenols is 1. The molecule has 1 aliphatic carbocycles. The first-order valence-electron chi connectivity index (χ1n) is 6.52. The molecule has 4 nitrogen and oxygen atoms in total. The smallest absolute Gasteiger partial charge is 0.254 e. The maximum atomic E-state index is 12.4. The van der Waals surface area contributed by atoms with Gasteiger partial charge >= 0.3 is 0 Å². The zero-order valence-electron chi connectivity index (χ0n) is 10.5. The Morgan fingerprint density at radius 2 is 1.89 bits per heavy atom. The summed E-state index contributed by atoms with van der Waals surface area (Å²) in [7, 11) is 0. The number of carbonyl (C=O) groups is 1. The Morgan fingerprint density at radius 3 is 2.44 bits per heavy atom. The second kappa shape index (κ2) is 5.87. The second-order valence-corrected chi connectivity index (χ2v) is 4.77. The van der Waals surface area contributed by atoms with Crippen LogP contribution in [0.1, 0.15) is 36.0 Å². The minimum atomic E-state index is 0.0207. The van der Waals surface area contributed by atoms with Crippen molar-refractivity contribution < 1.29 is 9.90 Å². The SMILES string of the molecule is NCCN(C(=O)c1ccc(O)cc1)C1CCCC1. The Bertz CT molecular complexity index is 397. The van der Waals surface area contributed by atoms with Crippen LogP contribution in [0.2, 0.25) is 0 Å². The van der Waals surface area contributed by atoms with E-state index in [0.29, 0.717) is 24.7 Å². The highest BCUT2D eigenvalue weighted by Gasteiger charge is 2.26. The van der Waals surface area contributed by atoms with Gasteiger partial charge < -0.3 is 15.7 Å². The van der Waals surface area contributed by atoms with E-state index in [0.717, 1.165) is 12.8 Å². The minimum absolute atomic E-state index is 0.0207. The molecule has 0 unspecified atom stereocenters. The lowest BCUT2D eigenvalue weighted by Crippen LogP contribution is -2.41. The average molecular weight is 248 g/mol. The van der Waals surface area contributed by atoms with E-state index in [4.69, 9.17) is 5.73 Å². The molecule has 1 aliphatic rings. The fourth-order valence-corrected chi connectivity index (χ4v) is 2.57. The number of nitrogens with two attached hydrogens (primary N) is 1. The highest BCUT2D eigenvalue weighted by molar-refractivity contribution is 5.94. The molecule has 0 aliphatic heterocycles. The molecule has 0 saturated heterocycles. The van der Waals surface area contributed by atoms with Gasteiger partial charge in [0.2, 0.25) is 0 Å². The molecule has 1 aromatic carbocycles. The number of rotatable bonds is 4. The molecule has 1 aromatic rings. The topological polar surface area (TPSA) is 66.6 Å². The molecule has 1 saturated carbocycles. The second-order valence-electron chi connectivity index (χ2n) is 4.77. The summed E-state index contributed by atoms with van der Waals surface area (Å²) in [6.45, 7) is 1.09. The van der Waals surface area contributed by atoms with Gasteiger partial charge in [-0.15, -0.1) is 0 Å². The van der Waals surface area contributed by atoms with Crippen molar-refractivity contribution in [3.8, 4) is 5.75 Å². The van der Waals surface area contributed by atoms with Crippen LogP contribution in [-0.2, 0) is 0 Å². The molecular formula is C14H20N2O2. The van der Waals surface area contributed by atoms with Gasteiger partial charge in [0, 0.05) is 24.7 Å². The fourth-order valence-electron chi connectivity index (χ4n) is 2.57. The van der Waals surface area contributed by atoms with Crippen molar-refractivity contribution in [3.63, 3.8) is 0 Å². The molecule has 0 spiro atoms. The lowest BCUT2D eigenvalue weighted by Gasteiger charge is -2.28. The third-order valence-corrected chi connectivity index (χ3v) is 3.51. The van der Waals surface area contributed by atoms with Crippen LogP contribution < -0.4 is 5.73 Å². The maximum Gasteiger partial charge on any atom is 0.254 e. The Morgan fingerprint density at radius 1 is 1.28 bits per heavy atom. The molecule has 1 amide bonds. The number of aromatic hydroxyl groups is 1. The molecular weight excluding hydrogens is 228 g/mol.